The first-order valence-electron chi connectivity index (χ1n) is 12.0. The van der Waals surface area contributed by atoms with Crippen molar-refractivity contribution >= 4 is 21.7 Å². The molecular weight excluding hydrogens is 452 g/mol. The van der Waals surface area contributed by atoms with Gasteiger partial charge in [0.1, 0.15) is 11.4 Å². The summed E-state index contributed by atoms with van der Waals surface area (Å²) in [4.78, 5) is 12.9. The lowest BCUT2D eigenvalue weighted by molar-refractivity contribution is -0.0850. The number of fused-ring (bicyclic) bond motifs is 3. The first-order chi connectivity index (χ1) is 16.1. The zero-order valence-corrected chi connectivity index (χ0v) is 20.6. The van der Waals surface area contributed by atoms with E-state index < -0.39 is 27.1 Å². The molecule has 0 aliphatic heterocycles. The van der Waals surface area contributed by atoms with Gasteiger partial charge in [-0.05, 0) is 79.0 Å². The Labute approximate surface area is 200 Å². The summed E-state index contributed by atoms with van der Waals surface area (Å²) in [6.07, 6.45) is 8.84. The maximum absolute atomic E-state index is 13.1. The van der Waals surface area contributed by atoms with Gasteiger partial charge in [0.05, 0.1) is 0 Å². The summed E-state index contributed by atoms with van der Waals surface area (Å²) in [7, 11) is -4.27. The number of aliphatic hydroxyl groups is 1. The number of furan rings is 1. The molecule has 1 unspecified atom stereocenters. The van der Waals surface area contributed by atoms with Crippen LogP contribution in [0.15, 0.2) is 34.3 Å². The van der Waals surface area contributed by atoms with Crippen LogP contribution < -0.4 is 10.0 Å². The summed E-state index contributed by atoms with van der Waals surface area (Å²) in [5, 5.41) is 13.9. The fourth-order valence-corrected chi connectivity index (χ4v) is 6.82. The normalized spacial score (nSPS) is 22.6. The minimum Gasteiger partial charge on any atom is -0.447 e. The molecule has 3 aliphatic rings. The zero-order valence-electron chi connectivity index (χ0n) is 19.8. The topological polar surface area (TPSA) is 109 Å². The first kappa shape index (κ1) is 23.2. The molecule has 0 radical (unpaired) electrons. The van der Waals surface area contributed by atoms with Crippen molar-refractivity contribution in [2.45, 2.75) is 82.3 Å². The third-order valence-electron chi connectivity index (χ3n) is 7.97. The molecule has 0 saturated carbocycles. The quantitative estimate of drug-likeness (QED) is 0.542. The van der Waals surface area contributed by atoms with Crippen LogP contribution in [0.3, 0.4) is 0 Å². The van der Waals surface area contributed by atoms with Gasteiger partial charge in [-0.3, -0.25) is 0 Å². The number of amides is 2. The molecule has 3 N–H and O–H groups in total. The van der Waals surface area contributed by atoms with Gasteiger partial charge in [-0.15, -0.1) is 6.58 Å². The number of anilines is 1. The van der Waals surface area contributed by atoms with E-state index in [9.17, 15) is 18.3 Å². The summed E-state index contributed by atoms with van der Waals surface area (Å²) in [5.41, 5.74) is 4.18. The number of nitrogens with one attached hydrogen (secondary N) is 2. The van der Waals surface area contributed by atoms with Crippen LogP contribution in [0.25, 0.3) is 0 Å². The van der Waals surface area contributed by atoms with Crippen LogP contribution in [0.1, 0.15) is 73.1 Å². The van der Waals surface area contributed by atoms with E-state index in [-0.39, 0.29) is 11.5 Å². The lowest BCUT2D eigenvalue weighted by atomic mass is 9.63. The van der Waals surface area contributed by atoms with Gasteiger partial charge in [0.2, 0.25) is 5.09 Å². The smallest absolute Gasteiger partial charge is 0.333 e. The van der Waals surface area contributed by atoms with Gasteiger partial charge in [-0.2, -0.15) is 8.42 Å². The molecule has 0 spiro atoms. The van der Waals surface area contributed by atoms with Crippen molar-refractivity contribution < 1.29 is 22.7 Å². The van der Waals surface area contributed by atoms with E-state index in [1.807, 2.05) is 13.8 Å². The second-order valence-corrected chi connectivity index (χ2v) is 12.0. The molecular formula is C26H32N2O5S. The van der Waals surface area contributed by atoms with Crippen molar-refractivity contribution in [1.29, 1.82) is 0 Å². The van der Waals surface area contributed by atoms with Crippen molar-refractivity contribution in [1.82, 2.24) is 4.72 Å². The van der Waals surface area contributed by atoms with E-state index in [4.69, 9.17) is 4.42 Å². The number of carbonyl (C=O) groups excluding carboxylic acids is 1. The number of aryl methyl sites for hydroxylation is 3. The maximum Gasteiger partial charge on any atom is 0.333 e. The standard InChI is InChI=1S/C26H32N2O5S/c1-4-12-26(30)20-15-22(33-21(20)11-13-25(26,2)3)34(31,32)28-24(29)27-23-18-9-5-7-16(18)14-17-8-6-10-19(17)23/h4,14-15,30H,1,5-13H2,2-3H3,(H2,27,28,29). The third kappa shape index (κ3) is 3.58. The average Bonchev–Trinajstić information content (AvgIpc) is 3.50. The van der Waals surface area contributed by atoms with Gasteiger partial charge < -0.3 is 14.8 Å². The van der Waals surface area contributed by atoms with Crippen molar-refractivity contribution in [3.63, 3.8) is 0 Å². The number of urea groups is 1. The van der Waals surface area contributed by atoms with Crippen LogP contribution in [0.4, 0.5) is 10.5 Å². The molecule has 8 heteroatoms. The minimum absolute atomic E-state index is 0.268. The van der Waals surface area contributed by atoms with Crippen molar-refractivity contribution in [2.75, 3.05) is 5.32 Å². The Kier molecular flexibility index (Phi) is 5.44. The van der Waals surface area contributed by atoms with Gasteiger partial charge >= 0.3 is 6.03 Å². The lowest BCUT2D eigenvalue weighted by Gasteiger charge is -2.45. The first-order valence-corrected chi connectivity index (χ1v) is 13.5. The summed E-state index contributed by atoms with van der Waals surface area (Å²) >= 11 is 0. The Morgan fingerprint density at radius 1 is 1.12 bits per heavy atom. The van der Waals surface area contributed by atoms with E-state index >= 15 is 0 Å². The van der Waals surface area contributed by atoms with E-state index in [1.54, 1.807) is 6.08 Å². The van der Waals surface area contributed by atoms with E-state index in [1.165, 1.54) is 17.2 Å². The molecule has 7 nitrogen and oxygen atoms in total. The summed E-state index contributed by atoms with van der Waals surface area (Å²) < 4.78 is 34.0. The predicted molar refractivity (Wildman–Crippen MR) is 129 cm³/mol. The van der Waals surface area contributed by atoms with Gasteiger partial charge in [0.15, 0.2) is 0 Å². The molecule has 0 bridgehead atoms. The summed E-state index contributed by atoms with van der Waals surface area (Å²) in [6.45, 7) is 7.64. The van der Waals surface area contributed by atoms with Crippen molar-refractivity contribution in [2.24, 2.45) is 5.41 Å². The van der Waals surface area contributed by atoms with E-state index in [0.717, 1.165) is 55.3 Å². The molecule has 5 rings (SSSR count). The number of sulfonamides is 1. The number of carbonyl (C=O) groups is 1. The Bertz CT molecular complexity index is 1260. The molecule has 34 heavy (non-hydrogen) atoms. The second kappa shape index (κ2) is 7.99. The van der Waals surface area contributed by atoms with Gasteiger partial charge in [0.25, 0.3) is 10.0 Å². The average molecular weight is 485 g/mol. The molecule has 2 aromatic rings. The molecule has 0 saturated heterocycles. The second-order valence-electron chi connectivity index (χ2n) is 10.4. The van der Waals surface area contributed by atoms with Crippen LogP contribution in [0, 0.1) is 5.41 Å². The Morgan fingerprint density at radius 3 is 2.38 bits per heavy atom. The molecule has 1 aromatic carbocycles. The van der Waals surface area contributed by atoms with Gasteiger partial charge in [-0.25, -0.2) is 9.52 Å². The zero-order chi connectivity index (χ0) is 24.3. The largest absolute Gasteiger partial charge is 0.447 e. The maximum atomic E-state index is 13.1. The van der Waals surface area contributed by atoms with Crippen LogP contribution >= 0.6 is 0 Å². The Balaban J connectivity index is 1.42. The molecule has 1 heterocycles. The summed E-state index contributed by atoms with van der Waals surface area (Å²) in [5.74, 6) is 0.433. The van der Waals surface area contributed by atoms with Crippen LogP contribution in [0.2, 0.25) is 0 Å². The molecule has 2 amide bonds. The van der Waals surface area contributed by atoms with Crippen LogP contribution in [-0.2, 0) is 47.7 Å². The monoisotopic (exact) mass is 484 g/mol. The highest BCUT2D eigenvalue weighted by molar-refractivity contribution is 7.89. The number of rotatable bonds is 5. The third-order valence-corrected chi connectivity index (χ3v) is 9.16. The highest BCUT2D eigenvalue weighted by Crippen LogP contribution is 2.51. The van der Waals surface area contributed by atoms with Crippen molar-refractivity contribution in [3.05, 3.63) is 58.4 Å². The highest BCUT2D eigenvalue weighted by Gasteiger charge is 2.50. The van der Waals surface area contributed by atoms with Gasteiger partial charge in [0, 0.05) is 23.7 Å². The van der Waals surface area contributed by atoms with Crippen LogP contribution in [-0.4, -0.2) is 19.6 Å². The molecule has 182 valence electrons. The number of benzene rings is 1. The van der Waals surface area contributed by atoms with Crippen molar-refractivity contribution in [3.8, 4) is 0 Å². The van der Waals surface area contributed by atoms with Gasteiger partial charge in [-0.1, -0.05) is 26.0 Å². The molecule has 3 aliphatic carbocycles. The highest BCUT2D eigenvalue weighted by atomic mass is 32.2. The minimum atomic E-state index is -4.27. The molecule has 1 atom stereocenters. The molecule has 0 fully saturated rings. The van der Waals surface area contributed by atoms with E-state index in [2.05, 4.69) is 22.7 Å². The fourth-order valence-electron chi connectivity index (χ4n) is 5.94. The number of hydrogen-bond donors (Lipinski definition) is 3. The Morgan fingerprint density at radius 2 is 1.76 bits per heavy atom. The SMILES string of the molecule is C=CCC1(O)c2cc(S(=O)(=O)NC(=O)Nc3c4c(cc5c3CCC5)CCC4)oc2CCC1(C)C. The van der Waals surface area contributed by atoms with E-state index in [0.29, 0.717) is 24.2 Å². The predicted octanol–water partition coefficient (Wildman–Crippen LogP) is 4.50. The lowest BCUT2D eigenvalue weighted by Crippen LogP contribution is -2.45. The molecule has 1 aromatic heterocycles. The fraction of sp³-hybridized carbons (Fsp3) is 0.500. The Hall–Kier alpha value is -2.58. The van der Waals surface area contributed by atoms with Crippen LogP contribution in [0.5, 0.6) is 0 Å². The number of hydrogen-bond acceptors (Lipinski definition) is 5. The summed E-state index contributed by atoms with van der Waals surface area (Å²) in [6, 6.07) is 2.81.